The molecule has 142 valence electrons. The first-order valence-electron chi connectivity index (χ1n) is 9.26. The smallest absolute Gasteiger partial charge is 0.323 e. The normalized spacial score (nSPS) is 27.4. The lowest BCUT2D eigenvalue weighted by molar-refractivity contribution is -0.136. The SMILES string of the molecule is CC1CCCCC12NC(=O)N(CC(=O)N1CC(=O)Nc3ccccc31)C2=O. The summed E-state index contributed by atoms with van der Waals surface area (Å²) in [5.74, 6) is -1.06. The number of benzene rings is 1. The molecule has 3 aliphatic rings. The third kappa shape index (κ3) is 2.75. The topological polar surface area (TPSA) is 98.8 Å². The van der Waals surface area contributed by atoms with Crippen LogP contribution in [0.4, 0.5) is 16.2 Å². The predicted molar refractivity (Wildman–Crippen MR) is 98.0 cm³/mol. The molecule has 2 heterocycles. The lowest BCUT2D eigenvalue weighted by Gasteiger charge is -2.37. The summed E-state index contributed by atoms with van der Waals surface area (Å²) in [6.07, 6.45) is 3.37. The van der Waals surface area contributed by atoms with Crippen molar-refractivity contribution >= 4 is 35.1 Å². The summed E-state index contributed by atoms with van der Waals surface area (Å²) in [6.45, 7) is 1.45. The van der Waals surface area contributed by atoms with Crippen molar-refractivity contribution in [2.24, 2.45) is 5.92 Å². The number of hydrogen-bond acceptors (Lipinski definition) is 4. The molecule has 0 aromatic heterocycles. The minimum absolute atomic E-state index is 0.0318. The Bertz CT molecular complexity index is 839. The second-order valence-corrected chi connectivity index (χ2v) is 7.48. The summed E-state index contributed by atoms with van der Waals surface area (Å²) in [4.78, 5) is 52.6. The number of rotatable bonds is 2. The molecule has 1 aliphatic carbocycles. The van der Waals surface area contributed by atoms with Gasteiger partial charge < -0.3 is 10.6 Å². The first kappa shape index (κ1) is 17.5. The summed E-state index contributed by atoms with van der Waals surface area (Å²) < 4.78 is 0. The van der Waals surface area contributed by atoms with Crippen molar-refractivity contribution in [3.8, 4) is 0 Å². The molecule has 0 bridgehead atoms. The highest BCUT2D eigenvalue weighted by Gasteiger charge is 2.55. The van der Waals surface area contributed by atoms with Crippen LogP contribution in [-0.4, -0.2) is 47.3 Å². The van der Waals surface area contributed by atoms with Gasteiger partial charge in [-0.05, 0) is 30.9 Å². The monoisotopic (exact) mass is 370 g/mol. The van der Waals surface area contributed by atoms with Crippen LogP contribution in [0.15, 0.2) is 24.3 Å². The van der Waals surface area contributed by atoms with Gasteiger partial charge in [0.15, 0.2) is 0 Å². The van der Waals surface area contributed by atoms with E-state index in [9.17, 15) is 19.2 Å². The average Bonchev–Trinajstić information content (AvgIpc) is 2.88. The molecule has 1 aromatic rings. The lowest BCUT2D eigenvalue weighted by atomic mass is 9.73. The lowest BCUT2D eigenvalue weighted by Crippen LogP contribution is -2.54. The van der Waals surface area contributed by atoms with Gasteiger partial charge in [-0.1, -0.05) is 31.9 Å². The quantitative estimate of drug-likeness (QED) is 0.770. The van der Waals surface area contributed by atoms with Gasteiger partial charge in [0.1, 0.15) is 18.6 Å². The molecule has 27 heavy (non-hydrogen) atoms. The molecule has 2 atom stereocenters. The molecule has 4 rings (SSSR count). The molecule has 1 aromatic carbocycles. The maximum Gasteiger partial charge on any atom is 0.325 e. The predicted octanol–water partition coefficient (Wildman–Crippen LogP) is 1.47. The maximum absolute atomic E-state index is 13.0. The maximum atomic E-state index is 13.0. The standard InChI is InChI=1S/C19H22N4O4/c1-12-6-4-5-9-19(12)17(26)23(18(27)21-19)11-16(25)22-10-15(24)20-13-7-2-3-8-14(13)22/h2-3,7-8,12H,4-6,9-11H2,1H3,(H,20,24)(H,21,27). The molecule has 2 aliphatic heterocycles. The third-order valence-electron chi connectivity index (χ3n) is 5.87. The average molecular weight is 370 g/mol. The first-order valence-corrected chi connectivity index (χ1v) is 9.26. The largest absolute Gasteiger partial charge is 0.325 e. The van der Waals surface area contributed by atoms with Gasteiger partial charge in [0, 0.05) is 0 Å². The number of nitrogens with zero attached hydrogens (tertiary/aromatic N) is 2. The van der Waals surface area contributed by atoms with E-state index in [0.717, 1.165) is 24.2 Å². The number of carbonyl (C=O) groups is 4. The first-order chi connectivity index (χ1) is 12.9. The molecule has 2 unspecified atom stereocenters. The highest BCUT2D eigenvalue weighted by atomic mass is 16.2. The van der Waals surface area contributed by atoms with Crippen molar-refractivity contribution in [1.82, 2.24) is 10.2 Å². The van der Waals surface area contributed by atoms with E-state index in [1.165, 1.54) is 4.90 Å². The van der Waals surface area contributed by atoms with Gasteiger partial charge in [0.2, 0.25) is 11.8 Å². The van der Waals surface area contributed by atoms with Crippen molar-refractivity contribution in [3.05, 3.63) is 24.3 Å². The molecule has 8 heteroatoms. The highest BCUT2D eigenvalue weighted by Crippen LogP contribution is 2.38. The molecule has 1 saturated heterocycles. The van der Waals surface area contributed by atoms with Crippen LogP contribution in [0.3, 0.4) is 0 Å². The Morgan fingerprint density at radius 2 is 2.00 bits per heavy atom. The molecule has 1 spiro atoms. The van der Waals surface area contributed by atoms with Gasteiger partial charge in [0.25, 0.3) is 5.91 Å². The van der Waals surface area contributed by atoms with Crippen molar-refractivity contribution in [1.29, 1.82) is 0 Å². The van der Waals surface area contributed by atoms with E-state index < -0.39 is 17.5 Å². The fourth-order valence-electron chi connectivity index (χ4n) is 4.32. The van der Waals surface area contributed by atoms with E-state index >= 15 is 0 Å². The zero-order valence-corrected chi connectivity index (χ0v) is 15.2. The van der Waals surface area contributed by atoms with Gasteiger partial charge in [-0.3, -0.25) is 24.2 Å². The molecule has 2 N–H and O–H groups in total. The van der Waals surface area contributed by atoms with Crippen LogP contribution in [0.2, 0.25) is 0 Å². The molecule has 1 saturated carbocycles. The van der Waals surface area contributed by atoms with Crippen LogP contribution in [-0.2, 0) is 14.4 Å². The molecule has 2 fully saturated rings. The Kier molecular flexibility index (Phi) is 4.13. The second-order valence-electron chi connectivity index (χ2n) is 7.48. The van der Waals surface area contributed by atoms with Crippen LogP contribution in [0.25, 0.3) is 0 Å². The molecule has 8 nitrogen and oxygen atoms in total. The zero-order chi connectivity index (χ0) is 19.2. The summed E-state index contributed by atoms with van der Waals surface area (Å²) in [6, 6.07) is 6.43. The Morgan fingerprint density at radius 3 is 2.78 bits per heavy atom. The second kappa shape index (κ2) is 6.37. The summed E-state index contributed by atoms with van der Waals surface area (Å²) in [5.41, 5.74) is 0.207. The number of urea groups is 1. The van der Waals surface area contributed by atoms with Gasteiger partial charge in [0.05, 0.1) is 11.4 Å². The third-order valence-corrected chi connectivity index (χ3v) is 5.87. The summed E-state index contributed by atoms with van der Waals surface area (Å²) in [7, 11) is 0. The fraction of sp³-hybridized carbons (Fsp3) is 0.474. The van der Waals surface area contributed by atoms with Crippen LogP contribution < -0.4 is 15.5 Å². The van der Waals surface area contributed by atoms with Gasteiger partial charge in [-0.15, -0.1) is 0 Å². The van der Waals surface area contributed by atoms with E-state index in [0.29, 0.717) is 17.8 Å². The van der Waals surface area contributed by atoms with Gasteiger partial charge in [-0.2, -0.15) is 0 Å². The Labute approximate surface area is 156 Å². The van der Waals surface area contributed by atoms with Crippen molar-refractivity contribution in [3.63, 3.8) is 0 Å². The van der Waals surface area contributed by atoms with Crippen molar-refractivity contribution in [2.45, 2.75) is 38.1 Å². The number of hydrogen-bond donors (Lipinski definition) is 2. The van der Waals surface area contributed by atoms with Crippen molar-refractivity contribution < 1.29 is 19.2 Å². The van der Waals surface area contributed by atoms with Crippen LogP contribution >= 0.6 is 0 Å². The van der Waals surface area contributed by atoms with E-state index in [4.69, 9.17) is 0 Å². The zero-order valence-electron chi connectivity index (χ0n) is 15.2. The van der Waals surface area contributed by atoms with Crippen LogP contribution in [0.1, 0.15) is 32.6 Å². The van der Waals surface area contributed by atoms with E-state index in [1.54, 1.807) is 24.3 Å². The summed E-state index contributed by atoms with van der Waals surface area (Å²) >= 11 is 0. The number of carbonyl (C=O) groups excluding carboxylic acids is 4. The number of anilines is 2. The minimum Gasteiger partial charge on any atom is -0.323 e. The Hall–Kier alpha value is -2.90. The van der Waals surface area contributed by atoms with Crippen LogP contribution in [0.5, 0.6) is 0 Å². The van der Waals surface area contributed by atoms with E-state index in [2.05, 4.69) is 10.6 Å². The van der Waals surface area contributed by atoms with E-state index in [-0.39, 0.29) is 30.8 Å². The van der Waals surface area contributed by atoms with E-state index in [1.807, 2.05) is 6.92 Å². The Morgan fingerprint density at radius 1 is 1.22 bits per heavy atom. The molecular weight excluding hydrogens is 348 g/mol. The highest BCUT2D eigenvalue weighted by molar-refractivity contribution is 6.14. The fourth-order valence-corrected chi connectivity index (χ4v) is 4.32. The molecule has 0 radical (unpaired) electrons. The van der Waals surface area contributed by atoms with Crippen molar-refractivity contribution in [2.75, 3.05) is 23.3 Å². The number of imide groups is 1. The number of fused-ring (bicyclic) bond motifs is 1. The number of para-hydroxylation sites is 2. The summed E-state index contributed by atoms with van der Waals surface area (Å²) in [5, 5.41) is 5.56. The number of amides is 5. The van der Waals surface area contributed by atoms with Gasteiger partial charge in [-0.25, -0.2) is 4.79 Å². The minimum atomic E-state index is -0.896. The molecular formula is C19H22N4O4. The number of nitrogens with one attached hydrogen (secondary N) is 2. The molecule has 5 amide bonds. The van der Waals surface area contributed by atoms with Crippen LogP contribution in [0, 0.1) is 5.92 Å². The van der Waals surface area contributed by atoms with Gasteiger partial charge >= 0.3 is 6.03 Å². The Balaban J connectivity index is 1.56.